The largest absolute Gasteiger partial charge is 0.476 e. The fourth-order valence-electron chi connectivity index (χ4n) is 1.11. The fraction of sp³-hybridized carbons (Fsp3) is 0. The van der Waals surface area contributed by atoms with E-state index in [4.69, 9.17) is 5.11 Å². The molecule has 0 aliphatic carbocycles. The lowest BCUT2D eigenvalue weighted by Crippen LogP contribution is -2.01. The van der Waals surface area contributed by atoms with Crippen molar-refractivity contribution < 1.29 is 9.90 Å². The summed E-state index contributed by atoms with van der Waals surface area (Å²) in [5, 5.41) is 8.76. The minimum Gasteiger partial charge on any atom is -0.476 e. The Morgan fingerprint density at radius 1 is 1.62 bits per heavy atom. The highest BCUT2D eigenvalue weighted by atomic mass is 79.9. The van der Waals surface area contributed by atoms with E-state index in [0.717, 1.165) is 5.52 Å². The number of aromatic nitrogens is 2. The van der Waals surface area contributed by atoms with E-state index < -0.39 is 5.97 Å². The third kappa shape index (κ3) is 1.31. The van der Waals surface area contributed by atoms with Crippen LogP contribution in [0.2, 0.25) is 0 Å². The number of pyridine rings is 1. The molecular weight excluding hydrogens is 236 g/mol. The Hall–Kier alpha value is -1.36. The van der Waals surface area contributed by atoms with E-state index in [-0.39, 0.29) is 5.69 Å². The second-order valence-corrected chi connectivity index (χ2v) is 3.39. The zero-order valence-corrected chi connectivity index (χ0v) is 8.00. The molecule has 2 rings (SSSR count). The number of carbonyl (C=O) groups is 1. The third-order valence-corrected chi connectivity index (χ3v) is 2.29. The number of carboxylic acid groups (broad SMARTS) is 1. The van der Waals surface area contributed by atoms with Crippen LogP contribution in [0.1, 0.15) is 10.5 Å². The van der Waals surface area contributed by atoms with Crippen molar-refractivity contribution in [1.82, 2.24) is 9.97 Å². The molecule has 66 valence electrons. The highest BCUT2D eigenvalue weighted by Crippen LogP contribution is 2.20. The van der Waals surface area contributed by atoms with Gasteiger partial charge in [-0.05, 0) is 28.1 Å². The Kier molecular flexibility index (Phi) is 1.81. The SMILES string of the molecule is O=C(O)c1nc2cc[nH]c2cc1Br. The van der Waals surface area contributed by atoms with Gasteiger partial charge in [0, 0.05) is 6.20 Å². The van der Waals surface area contributed by atoms with Gasteiger partial charge >= 0.3 is 5.97 Å². The Bertz CT molecular complexity index is 478. The normalized spacial score (nSPS) is 10.5. The summed E-state index contributed by atoms with van der Waals surface area (Å²) in [7, 11) is 0. The average molecular weight is 241 g/mol. The van der Waals surface area contributed by atoms with E-state index in [0.29, 0.717) is 9.99 Å². The van der Waals surface area contributed by atoms with Gasteiger partial charge in [0.05, 0.1) is 15.5 Å². The van der Waals surface area contributed by atoms with Gasteiger partial charge in [0.2, 0.25) is 0 Å². The Balaban J connectivity index is 2.76. The molecule has 5 heteroatoms. The number of hydrogen-bond acceptors (Lipinski definition) is 2. The highest BCUT2D eigenvalue weighted by Gasteiger charge is 2.11. The molecule has 0 fully saturated rings. The summed E-state index contributed by atoms with van der Waals surface area (Å²) in [6, 6.07) is 3.43. The lowest BCUT2D eigenvalue weighted by Gasteiger charge is -1.97. The third-order valence-electron chi connectivity index (χ3n) is 1.69. The lowest BCUT2D eigenvalue weighted by molar-refractivity contribution is 0.0690. The monoisotopic (exact) mass is 240 g/mol. The number of aromatic amines is 1. The van der Waals surface area contributed by atoms with Crippen LogP contribution in [-0.4, -0.2) is 21.0 Å². The van der Waals surface area contributed by atoms with Crippen LogP contribution in [0, 0.1) is 0 Å². The summed E-state index contributed by atoms with van der Waals surface area (Å²) in [5.41, 5.74) is 1.50. The predicted octanol–water partition coefficient (Wildman–Crippen LogP) is 2.02. The van der Waals surface area contributed by atoms with E-state index >= 15 is 0 Å². The molecule has 0 aliphatic heterocycles. The molecule has 0 radical (unpaired) electrons. The molecule has 2 aromatic heterocycles. The average Bonchev–Trinajstić information content (AvgIpc) is 2.48. The van der Waals surface area contributed by atoms with Crippen molar-refractivity contribution in [3.8, 4) is 0 Å². The van der Waals surface area contributed by atoms with Crippen LogP contribution in [0.4, 0.5) is 0 Å². The predicted molar refractivity (Wildman–Crippen MR) is 50.8 cm³/mol. The van der Waals surface area contributed by atoms with Crippen molar-refractivity contribution >= 4 is 32.9 Å². The number of fused-ring (bicyclic) bond motifs is 1. The van der Waals surface area contributed by atoms with Gasteiger partial charge in [0.1, 0.15) is 0 Å². The van der Waals surface area contributed by atoms with Crippen LogP contribution < -0.4 is 0 Å². The molecule has 4 nitrogen and oxygen atoms in total. The number of rotatable bonds is 1. The molecule has 0 spiro atoms. The first-order valence-electron chi connectivity index (χ1n) is 3.55. The standard InChI is InChI=1S/C8H5BrN2O2/c9-4-3-6-5(1-2-10-6)11-7(4)8(12)13/h1-3,10H,(H,12,13). The fourth-order valence-corrected chi connectivity index (χ4v) is 1.59. The summed E-state index contributed by atoms with van der Waals surface area (Å²) in [6.45, 7) is 0. The molecule has 13 heavy (non-hydrogen) atoms. The molecule has 0 bridgehead atoms. The van der Waals surface area contributed by atoms with E-state index in [1.165, 1.54) is 0 Å². The number of nitrogens with zero attached hydrogens (tertiary/aromatic N) is 1. The quantitative estimate of drug-likeness (QED) is 0.802. The molecule has 0 aliphatic rings. The van der Waals surface area contributed by atoms with E-state index in [2.05, 4.69) is 25.9 Å². The molecule has 0 amide bonds. The maximum absolute atomic E-state index is 10.7. The molecular formula is C8H5BrN2O2. The van der Waals surface area contributed by atoms with Gasteiger partial charge in [0.15, 0.2) is 5.69 Å². The first kappa shape index (κ1) is 8.25. The van der Waals surface area contributed by atoms with Gasteiger partial charge in [-0.25, -0.2) is 9.78 Å². The van der Waals surface area contributed by atoms with Gasteiger partial charge < -0.3 is 10.1 Å². The second-order valence-electron chi connectivity index (χ2n) is 2.53. The summed E-state index contributed by atoms with van der Waals surface area (Å²) in [5.74, 6) is -1.03. The van der Waals surface area contributed by atoms with Crippen molar-refractivity contribution in [1.29, 1.82) is 0 Å². The molecule has 0 saturated heterocycles. The summed E-state index contributed by atoms with van der Waals surface area (Å²) < 4.78 is 0.481. The molecule has 0 aromatic carbocycles. The van der Waals surface area contributed by atoms with Gasteiger partial charge in [-0.2, -0.15) is 0 Å². The topological polar surface area (TPSA) is 66.0 Å². The van der Waals surface area contributed by atoms with Gasteiger partial charge in [0.25, 0.3) is 0 Å². The first-order valence-corrected chi connectivity index (χ1v) is 4.34. The van der Waals surface area contributed by atoms with Crippen LogP contribution >= 0.6 is 15.9 Å². The number of hydrogen-bond donors (Lipinski definition) is 2. The molecule has 0 saturated carbocycles. The maximum Gasteiger partial charge on any atom is 0.355 e. The molecule has 0 unspecified atom stereocenters. The number of halogens is 1. The van der Waals surface area contributed by atoms with Crippen molar-refractivity contribution in [3.63, 3.8) is 0 Å². The van der Waals surface area contributed by atoms with Crippen molar-refractivity contribution in [2.75, 3.05) is 0 Å². The van der Waals surface area contributed by atoms with E-state index in [9.17, 15) is 4.79 Å². The summed E-state index contributed by atoms with van der Waals surface area (Å²) in [6.07, 6.45) is 1.72. The summed E-state index contributed by atoms with van der Waals surface area (Å²) in [4.78, 5) is 17.6. The zero-order chi connectivity index (χ0) is 9.42. The minimum absolute atomic E-state index is 0.0344. The number of H-pyrrole nitrogens is 1. The Morgan fingerprint density at radius 3 is 3.08 bits per heavy atom. The van der Waals surface area contributed by atoms with Gasteiger partial charge in [-0.3, -0.25) is 0 Å². The van der Waals surface area contributed by atoms with E-state index in [1.807, 2.05) is 0 Å². The van der Waals surface area contributed by atoms with Crippen molar-refractivity contribution in [3.05, 3.63) is 28.5 Å². The minimum atomic E-state index is -1.03. The summed E-state index contributed by atoms with van der Waals surface area (Å²) >= 11 is 3.14. The van der Waals surface area contributed by atoms with Gasteiger partial charge in [-0.15, -0.1) is 0 Å². The number of nitrogens with one attached hydrogen (secondary N) is 1. The second kappa shape index (κ2) is 2.85. The lowest BCUT2D eigenvalue weighted by atomic mass is 10.3. The Labute approximate surface area is 81.7 Å². The smallest absolute Gasteiger partial charge is 0.355 e. The van der Waals surface area contributed by atoms with E-state index in [1.54, 1.807) is 18.3 Å². The maximum atomic E-state index is 10.7. The van der Waals surface area contributed by atoms with Gasteiger partial charge in [-0.1, -0.05) is 0 Å². The Morgan fingerprint density at radius 2 is 2.38 bits per heavy atom. The van der Waals surface area contributed by atoms with Crippen LogP contribution in [-0.2, 0) is 0 Å². The molecule has 2 aromatic rings. The zero-order valence-electron chi connectivity index (χ0n) is 6.41. The van der Waals surface area contributed by atoms with Crippen LogP contribution in [0.3, 0.4) is 0 Å². The van der Waals surface area contributed by atoms with Crippen molar-refractivity contribution in [2.24, 2.45) is 0 Å². The number of aromatic carboxylic acids is 1. The van der Waals surface area contributed by atoms with Crippen LogP contribution in [0.15, 0.2) is 22.8 Å². The van der Waals surface area contributed by atoms with Crippen molar-refractivity contribution in [2.45, 2.75) is 0 Å². The molecule has 2 N–H and O–H groups in total. The number of carboxylic acids is 1. The highest BCUT2D eigenvalue weighted by molar-refractivity contribution is 9.10. The van der Waals surface area contributed by atoms with Crippen LogP contribution in [0.25, 0.3) is 11.0 Å². The molecule has 0 atom stereocenters. The van der Waals surface area contributed by atoms with Crippen LogP contribution in [0.5, 0.6) is 0 Å². The first-order chi connectivity index (χ1) is 6.18. The molecule has 2 heterocycles.